The topological polar surface area (TPSA) is 105 Å². The molecule has 0 atom stereocenters. The summed E-state index contributed by atoms with van der Waals surface area (Å²) >= 11 is 0. The van der Waals surface area contributed by atoms with Gasteiger partial charge in [-0.3, -0.25) is 14.2 Å². The van der Waals surface area contributed by atoms with Gasteiger partial charge in [0.05, 0.1) is 17.8 Å². The molecule has 0 spiro atoms. The lowest BCUT2D eigenvalue weighted by molar-refractivity contribution is 0.123. The highest BCUT2D eigenvalue weighted by Crippen LogP contribution is 2.36. The molecule has 4 heterocycles. The minimum atomic E-state index is -0.142. The average Bonchev–Trinajstić information content (AvgIpc) is 3.42. The van der Waals surface area contributed by atoms with Crippen LogP contribution < -0.4 is 15.6 Å². The molecule has 2 aliphatic rings. The number of anilines is 1. The number of nitrogens with one attached hydrogen (secondary N) is 1. The SMILES string of the molecule is Cn1cc(-c2nn([C@H]3CC[C@@H](Oc4ccc(=O)n(C)n4)CC3)c3cc(NC4CCC4)ncc23)cn1. The highest BCUT2D eigenvalue weighted by atomic mass is 16.5. The first-order valence-electron chi connectivity index (χ1n) is 12.4. The fraction of sp³-hybridized carbons (Fsp3) is 0.480. The second-order valence-corrected chi connectivity index (χ2v) is 9.74. The number of nitrogens with zero attached hydrogens (tertiary/aromatic N) is 7. The van der Waals surface area contributed by atoms with Crippen molar-refractivity contribution in [3.05, 3.63) is 47.1 Å². The lowest BCUT2D eigenvalue weighted by atomic mass is 9.93. The van der Waals surface area contributed by atoms with Crippen LogP contribution in [0.5, 0.6) is 5.88 Å². The smallest absolute Gasteiger partial charge is 0.266 e. The van der Waals surface area contributed by atoms with E-state index in [1.54, 1.807) is 17.8 Å². The van der Waals surface area contributed by atoms with Crippen LogP contribution in [-0.4, -0.2) is 46.5 Å². The number of rotatable bonds is 6. The van der Waals surface area contributed by atoms with E-state index in [4.69, 9.17) is 14.8 Å². The van der Waals surface area contributed by atoms with E-state index >= 15 is 0 Å². The standard InChI is InChI=1S/C25H30N8O2/c1-31-15-16(13-27-31)25-20-14-26-22(28-17-4-3-5-17)12-21(20)33(30-25)18-6-8-19(9-7-18)35-23-10-11-24(34)32(2)29-23/h10-15,17-19H,3-9H2,1-2H3,(H,26,28)/t18-,19+. The third-order valence-corrected chi connectivity index (χ3v) is 7.24. The van der Waals surface area contributed by atoms with E-state index in [1.807, 2.05) is 25.6 Å². The largest absolute Gasteiger partial charge is 0.473 e. The van der Waals surface area contributed by atoms with Crippen molar-refractivity contribution in [1.82, 2.24) is 34.3 Å². The number of aryl methyl sites for hydroxylation is 2. The Labute approximate surface area is 202 Å². The molecule has 10 heteroatoms. The van der Waals surface area contributed by atoms with Gasteiger partial charge >= 0.3 is 0 Å². The van der Waals surface area contributed by atoms with Gasteiger partial charge in [0.2, 0.25) is 5.88 Å². The summed E-state index contributed by atoms with van der Waals surface area (Å²) in [5.74, 6) is 1.41. The molecule has 0 aromatic carbocycles. The molecule has 4 aromatic rings. The van der Waals surface area contributed by atoms with Gasteiger partial charge in [0, 0.05) is 61.7 Å². The summed E-state index contributed by atoms with van der Waals surface area (Å²) in [5, 5.41) is 18.3. The number of pyridine rings is 1. The molecule has 10 nitrogen and oxygen atoms in total. The summed E-state index contributed by atoms with van der Waals surface area (Å²) in [6.45, 7) is 0. The van der Waals surface area contributed by atoms with Gasteiger partial charge < -0.3 is 10.1 Å². The molecule has 0 unspecified atom stereocenters. The Morgan fingerprint density at radius 1 is 1.03 bits per heavy atom. The van der Waals surface area contributed by atoms with E-state index in [9.17, 15) is 4.79 Å². The van der Waals surface area contributed by atoms with E-state index in [0.717, 1.165) is 53.7 Å². The number of ether oxygens (including phenoxy) is 1. The molecular formula is C25H30N8O2. The first-order chi connectivity index (χ1) is 17.0. The predicted octanol–water partition coefficient (Wildman–Crippen LogP) is 3.45. The molecule has 2 aliphatic carbocycles. The lowest BCUT2D eigenvalue weighted by Crippen LogP contribution is -2.28. The molecule has 0 saturated heterocycles. The third-order valence-electron chi connectivity index (χ3n) is 7.24. The maximum atomic E-state index is 11.6. The van der Waals surface area contributed by atoms with Crippen LogP contribution in [-0.2, 0) is 14.1 Å². The van der Waals surface area contributed by atoms with Crippen molar-refractivity contribution in [2.24, 2.45) is 14.1 Å². The molecule has 0 radical (unpaired) electrons. The lowest BCUT2D eigenvalue weighted by Gasteiger charge is -2.29. The predicted molar refractivity (Wildman–Crippen MR) is 132 cm³/mol. The number of hydrogen-bond donors (Lipinski definition) is 1. The van der Waals surface area contributed by atoms with Crippen LogP contribution in [0.1, 0.15) is 51.0 Å². The minimum absolute atomic E-state index is 0.0772. The average molecular weight is 475 g/mol. The van der Waals surface area contributed by atoms with Crippen LogP contribution in [0.3, 0.4) is 0 Å². The van der Waals surface area contributed by atoms with Crippen LogP contribution >= 0.6 is 0 Å². The van der Waals surface area contributed by atoms with Gasteiger partial charge in [-0.2, -0.15) is 10.2 Å². The molecule has 1 N–H and O–H groups in total. The number of hydrogen-bond acceptors (Lipinski definition) is 7. The van der Waals surface area contributed by atoms with E-state index in [1.165, 1.54) is 30.0 Å². The zero-order valence-electron chi connectivity index (χ0n) is 20.1. The second kappa shape index (κ2) is 8.83. The zero-order chi connectivity index (χ0) is 23.9. The van der Waals surface area contributed by atoms with Crippen molar-refractivity contribution in [2.45, 2.75) is 63.1 Å². The minimum Gasteiger partial charge on any atom is -0.473 e. The van der Waals surface area contributed by atoms with Crippen LogP contribution in [0.2, 0.25) is 0 Å². The summed E-state index contributed by atoms with van der Waals surface area (Å²) in [7, 11) is 3.56. The Hall–Kier alpha value is -3.69. The fourth-order valence-electron chi connectivity index (χ4n) is 5.03. The van der Waals surface area contributed by atoms with Crippen molar-refractivity contribution in [1.29, 1.82) is 0 Å². The Bertz CT molecular complexity index is 1410. The van der Waals surface area contributed by atoms with Crippen molar-refractivity contribution in [3.8, 4) is 17.1 Å². The van der Waals surface area contributed by atoms with Gasteiger partial charge in [0.1, 0.15) is 17.6 Å². The Kier molecular flexibility index (Phi) is 5.50. The van der Waals surface area contributed by atoms with Crippen LogP contribution in [0.4, 0.5) is 5.82 Å². The van der Waals surface area contributed by atoms with Crippen LogP contribution in [0, 0.1) is 0 Å². The van der Waals surface area contributed by atoms with Gasteiger partial charge in [-0.1, -0.05) is 0 Å². The summed E-state index contributed by atoms with van der Waals surface area (Å²) in [4.78, 5) is 16.3. The van der Waals surface area contributed by atoms with Gasteiger partial charge in [-0.15, -0.1) is 5.10 Å². The summed E-state index contributed by atoms with van der Waals surface area (Å²) < 4.78 is 11.4. The number of fused-ring (bicyclic) bond motifs is 1. The Morgan fingerprint density at radius 3 is 2.54 bits per heavy atom. The van der Waals surface area contributed by atoms with Crippen LogP contribution in [0.15, 0.2) is 41.6 Å². The van der Waals surface area contributed by atoms with Gasteiger partial charge in [0.15, 0.2) is 0 Å². The Balaban J connectivity index is 1.26. The molecule has 182 valence electrons. The van der Waals surface area contributed by atoms with Gasteiger partial charge in [-0.05, 0) is 44.9 Å². The molecule has 2 saturated carbocycles. The highest BCUT2D eigenvalue weighted by Gasteiger charge is 2.28. The van der Waals surface area contributed by atoms with Crippen molar-refractivity contribution >= 4 is 16.7 Å². The summed E-state index contributed by atoms with van der Waals surface area (Å²) in [6, 6.07) is 6.09. The van der Waals surface area contributed by atoms with E-state index in [0.29, 0.717) is 11.9 Å². The summed E-state index contributed by atoms with van der Waals surface area (Å²) in [5.41, 5.74) is 2.88. The van der Waals surface area contributed by atoms with Crippen LogP contribution in [0.25, 0.3) is 22.2 Å². The molecular weight excluding hydrogens is 444 g/mol. The summed E-state index contributed by atoms with van der Waals surface area (Å²) in [6.07, 6.45) is 13.3. The third kappa shape index (κ3) is 4.28. The Morgan fingerprint density at radius 2 is 1.86 bits per heavy atom. The van der Waals surface area contributed by atoms with Crippen molar-refractivity contribution in [3.63, 3.8) is 0 Å². The highest BCUT2D eigenvalue weighted by molar-refractivity contribution is 5.93. The quantitative estimate of drug-likeness (QED) is 0.456. The normalized spacial score (nSPS) is 20.6. The van der Waals surface area contributed by atoms with Gasteiger partial charge in [-0.25, -0.2) is 9.67 Å². The molecule has 4 aromatic heterocycles. The van der Waals surface area contributed by atoms with Crippen molar-refractivity contribution in [2.75, 3.05) is 5.32 Å². The fourth-order valence-corrected chi connectivity index (χ4v) is 5.03. The molecule has 0 aliphatic heterocycles. The van der Waals surface area contributed by atoms with E-state index in [-0.39, 0.29) is 17.7 Å². The molecule has 0 bridgehead atoms. The first kappa shape index (κ1) is 21.8. The molecule has 6 rings (SSSR count). The maximum Gasteiger partial charge on any atom is 0.266 e. The number of aromatic nitrogens is 7. The van der Waals surface area contributed by atoms with E-state index < -0.39 is 0 Å². The molecule has 35 heavy (non-hydrogen) atoms. The van der Waals surface area contributed by atoms with Crippen molar-refractivity contribution < 1.29 is 4.74 Å². The molecule has 2 fully saturated rings. The first-order valence-corrected chi connectivity index (χ1v) is 12.4. The zero-order valence-corrected chi connectivity index (χ0v) is 20.1. The molecule has 0 amide bonds. The monoisotopic (exact) mass is 474 g/mol. The van der Waals surface area contributed by atoms with E-state index in [2.05, 4.69) is 26.3 Å². The second-order valence-electron chi connectivity index (χ2n) is 9.74. The maximum absolute atomic E-state index is 11.6. The van der Waals surface area contributed by atoms with Gasteiger partial charge in [0.25, 0.3) is 5.56 Å².